The Balaban J connectivity index is 0.000000160. The van der Waals surface area contributed by atoms with Gasteiger partial charge in [-0.05, 0) is 201 Å². The zero-order valence-electron chi connectivity index (χ0n) is 81.5. The Morgan fingerprint density at radius 2 is 0.133 bits per heavy atom. The molecule has 0 aliphatic carbocycles. The summed E-state index contributed by atoms with van der Waals surface area (Å²) in [5.74, 6) is 7.18. The van der Waals surface area contributed by atoms with Crippen molar-refractivity contribution in [2.75, 3.05) is 0 Å². The second-order valence-electron chi connectivity index (χ2n) is 36.7. The first-order valence-electron chi connectivity index (χ1n) is 50.1. The first-order valence-corrected chi connectivity index (χ1v) is 50.1. The lowest BCUT2D eigenvalue weighted by atomic mass is 9.95. The Morgan fingerprint density at radius 1 is 0.0600 bits per heavy atom. The fourth-order valence-corrected chi connectivity index (χ4v) is 19.0. The molecule has 0 bridgehead atoms. The van der Waals surface area contributed by atoms with E-state index in [1.807, 2.05) is 72.8 Å². The number of benzene rings is 21. The van der Waals surface area contributed by atoms with E-state index in [2.05, 4.69) is 485 Å². The van der Waals surface area contributed by atoms with Crippen LogP contribution in [0, 0.1) is 0 Å². The van der Waals surface area contributed by atoms with Gasteiger partial charge >= 0.3 is 0 Å². The highest BCUT2D eigenvalue weighted by Crippen LogP contribution is 2.41. The lowest BCUT2D eigenvalue weighted by Crippen LogP contribution is -2.01. The van der Waals surface area contributed by atoms with E-state index in [4.69, 9.17) is 59.8 Å². The molecule has 0 unspecified atom stereocenters. The summed E-state index contributed by atoms with van der Waals surface area (Å²) in [6.07, 6.45) is 0. The highest BCUT2D eigenvalue weighted by molar-refractivity contribution is 5.86. The summed E-state index contributed by atoms with van der Waals surface area (Å²) in [4.78, 5) is 61.9. The van der Waals surface area contributed by atoms with Crippen LogP contribution in [0.4, 0.5) is 0 Å². The van der Waals surface area contributed by atoms with Gasteiger partial charge in [0.1, 0.15) is 0 Å². The van der Waals surface area contributed by atoms with Gasteiger partial charge in [0.2, 0.25) is 0 Å². The summed E-state index contributed by atoms with van der Waals surface area (Å²) in [6.45, 7) is 0. The van der Waals surface area contributed by atoms with Crippen LogP contribution in [0.1, 0.15) is 0 Å². The Kier molecular flexibility index (Phi) is 26.2. The quantitative estimate of drug-likeness (QED) is 0.0598. The Bertz CT molecular complexity index is 8620. The highest BCUT2D eigenvalue weighted by atomic mass is 15.1. The maximum Gasteiger partial charge on any atom is 0.164 e. The summed E-state index contributed by atoms with van der Waals surface area (Å²) in [5.41, 5.74) is 34.8. The lowest BCUT2D eigenvalue weighted by Gasteiger charge is -2.12. The second-order valence-corrected chi connectivity index (χ2v) is 36.7. The molecule has 0 amide bonds. The zero-order chi connectivity index (χ0) is 100. The van der Waals surface area contributed by atoms with Crippen LogP contribution in [0.3, 0.4) is 0 Å². The molecular formula is C138H92N12. The van der Waals surface area contributed by atoms with Gasteiger partial charge in [-0.25, -0.2) is 59.8 Å². The van der Waals surface area contributed by atoms with E-state index < -0.39 is 0 Å². The fourth-order valence-electron chi connectivity index (χ4n) is 19.0. The molecule has 12 heteroatoms. The largest absolute Gasteiger partial charge is 0.208 e. The Morgan fingerprint density at radius 3 is 0.247 bits per heavy atom. The van der Waals surface area contributed by atoms with Gasteiger partial charge in [-0.3, -0.25) is 0 Å². The molecular weight excluding hydrogens is 1830 g/mol. The molecule has 150 heavy (non-hydrogen) atoms. The molecule has 25 aromatic rings. The van der Waals surface area contributed by atoms with Gasteiger partial charge in [-0.15, -0.1) is 0 Å². The molecule has 0 aliphatic heterocycles. The van der Waals surface area contributed by atoms with Crippen LogP contribution in [0.15, 0.2) is 558 Å². The van der Waals surface area contributed by atoms with Gasteiger partial charge in [-0.1, -0.05) is 479 Å². The first-order chi connectivity index (χ1) is 74.2. The standard InChI is InChI=1S/C72H48N6.C66H44N6/c1-5-20-49(21-6-1)53-28-15-37-62(44-53)68-73-67(52-26-11-4-12-27-52)74-69(75-68)65-40-18-35-60(47-65)58-33-13-31-56(42-58)57-32-14-34-59(43-57)61-36-19-41-66(48-61)72-77-70(63-38-16-29-54(45-63)50-22-7-2-8-23-50)76-71(78-72)64-39-17-30-55(46-64)51-24-9-3-10-25-51;1-5-19-45(20-6-1)49-27-13-33-55(39-49)61-67-62(56-34-14-28-50(40-56)46-21-7-2-8-22-46)70-65(69-61)59-37-17-31-53(43-59)54-32-18-38-60(44-54)66-71-63(57-35-15-29-51(41-57)47-23-9-3-10-24-47)68-64(72-66)58-36-16-30-52(42-58)48-25-11-4-12-26-48/h1-48H;1-44H. The number of hydrogen-bond acceptors (Lipinski definition) is 12. The van der Waals surface area contributed by atoms with E-state index in [0.717, 1.165) is 189 Å². The maximum atomic E-state index is 5.20. The topological polar surface area (TPSA) is 155 Å². The first kappa shape index (κ1) is 92.1. The van der Waals surface area contributed by atoms with Crippen molar-refractivity contribution in [1.29, 1.82) is 0 Å². The summed E-state index contributed by atoms with van der Waals surface area (Å²) in [6, 6.07) is 193. The van der Waals surface area contributed by atoms with Gasteiger partial charge in [0.05, 0.1) is 0 Å². The van der Waals surface area contributed by atoms with Crippen LogP contribution in [0.2, 0.25) is 0 Å². The fraction of sp³-hybridized carbons (Fsp3) is 0. The minimum absolute atomic E-state index is 0.574. The monoisotopic (exact) mass is 1920 g/mol. The third-order valence-corrected chi connectivity index (χ3v) is 26.7. The Labute approximate surface area is 870 Å². The molecule has 704 valence electrons. The summed E-state index contributed by atoms with van der Waals surface area (Å²) >= 11 is 0. The van der Waals surface area contributed by atoms with Crippen LogP contribution in [-0.4, -0.2) is 59.8 Å². The predicted octanol–water partition coefficient (Wildman–Crippen LogP) is 34.5. The molecule has 0 atom stereocenters. The lowest BCUT2D eigenvalue weighted by molar-refractivity contribution is 1.07. The molecule has 0 saturated heterocycles. The molecule has 0 radical (unpaired) electrons. The van der Waals surface area contributed by atoms with E-state index >= 15 is 0 Å². The van der Waals surface area contributed by atoms with Crippen molar-refractivity contribution in [3.8, 4) is 259 Å². The summed E-state index contributed by atoms with van der Waals surface area (Å²) < 4.78 is 0. The van der Waals surface area contributed by atoms with Gasteiger partial charge in [0.15, 0.2) is 69.9 Å². The normalized spacial score (nSPS) is 11.1. The van der Waals surface area contributed by atoms with E-state index in [1.165, 1.54) is 0 Å². The third-order valence-electron chi connectivity index (χ3n) is 26.7. The van der Waals surface area contributed by atoms with Crippen molar-refractivity contribution in [3.63, 3.8) is 0 Å². The smallest absolute Gasteiger partial charge is 0.164 e. The van der Waals surface area contributed by atoms with Crippen molar-refractivity contribution >= 4 is 0 Å². The number of aromatic nitrogens is 12. The number of rotatable bonds is 23. The minimum atomic E-state index is 0.574. The van der Waals surface area contributed by atoms with Crippen LogP contribution in [0.25, 0.3) is 259 Å². The molecule has 0 spiro atoms. The third kappa shape index (κ3) is 20.8. The zero-order valence-corrected chi connectivity index (χ0v) is 81.5. The Hall–Kier alpha value is -20.3. The van der Waals surface area contributed by atoms with Crippen LogP contribution >= 0.6 is 0 Å². The van der Waals surface area contributed by atoms with E-state index in [0.29, 0.717) is 69.9 Å². The van der Waals surface area contributed by atoms with Crippen LogP contribution < -0.4 is 0 Å². The highest BCUT2D eigenvalue weighted by Gasteiger charge is 2.23. The van der Waals surface area contributed by atoms with E-state index in [-0.39, 0.29) is 0 Å². The van der Waals surface area contributed by atoms with Crippen molar-refractivity contribution in [1.82, 2.24) is 59.8 Å². The molecule has 21 aromatic carbocycles. The average Bonchev–Trinajstić information content (AvgIpc) is 0.789. The maximum absolute atomic E-state index is 5.20. The van der Waals surface area contributed by atoms with Crippen molar-refractivity contribution < 1.29 is 0 Å². The molecule has 25 rings (SSSR count). The number of hydrogen-bond donors (Lipinski definition) is 0. The summed E-state index contributed by atoms with van der Waals surface area (Å²) in [7, 11) is 0. The van der Waals surface area contributed by atoms with Crippen molar-refractivity contribution in [3.05, 3.63) is 558 Å². The van der Waals surface area contributed by atoms with Gasteiger partial charge in [-0.2, -0.15) is 0 Å². The van der Waals surface area contributed by atoms with Crippen LogP contribution in [-0.2, 0) is 0 Å². The SMILES string of the molecule is c1ccc(-c2cccc(-c3nc(-c4cccc(-c5ccccc5)c4)nc(-c4cccc(-c5cccc(-c6nc(-c7cccc(-c8ccccc8)c7)nc(-c7cccc(-c8ccccc8)c7)n6)c5)c4)n3)c2)cc1.c1ccc(-c2cccc(-c3nc(-c4ccccc4)nc(-c4cccc(-c5cccc(-c6cccc(-c7cccc(-c8nc(-c9cccc(-c%10ccccc%10)c9)nc(-c9cccc(-c%10ccccc%10)c9)n8)c7)c6)c5)c4)n3)c2)cc1. The predicted molar refractivity (Wildman–Crippen MR) is 611 cm³/mol. The van der Waals surface area contributed by atoms with Crippen molar-refractivity contribution in [2.45, 2.75) is 0 Å². The van der Waals surface area contributed by atoms with Gasteiger partial charge in [0, 0.05) is 66.8 Å². The molecule has 0 saturated carbocycles. The average molecular weight is 1920 g/mol. The molecule has 12 nitrogen and oxygen atoms in total. The van der Waals surface area contributed by atoms with Gasteiger partial charge in [0.25, 0.3) is 0 Å². The summed E-state index contributed by atoms with van der Waals surface area (Å²) in [5, 5.41) is 0. The molecule has 4 heterocycles. The van der Waals surface area contributed by atoms with E-state index in [1.54, 1.807) is 0 Å². The van der Waals surface area contributed by atoms with Crippen molar-refractivity contribution in [2.24, 2.45) is 0 Å². The molecule has 4 aromatic heterocycles. The van der Waals surface area contributed by atoms with E-state index in [9.17, 15) is 0 Å². The van der Waals surface area contributed by atoms with Gasteiger partial charge < -0.3 is 0 Å². The minimum Gasteiger partial charge on any atom is -0.208 e. The molecule has 0 fully saturated rings. The molecule has 0 N–H and O–H groups in total. The second kappa shape index (κ2) is 42.7. The van der Waals surface area contributed by atoms with Crippen LogP contribution in [0.5, 0.6) is 0 Å². The molecule has 0 aliphatic rings. The number of nitrogens with zero attached hydrogens (tertiary/aromatic N) is 12.